The van der Waals surface area contributed by atoms with Crippen molar-refractivity contribution in [3.63, 3.8) is 0 Å². The summed E-state index contributed by atoms with van der Waals surface area (Å²) in [5, 5.41) is 2.73. The topological polar surface area (TPSA) is 67.2 Å². The summed E-state index contributed by atoms with van der Waals surface area (Å²) in [7, 11) is 0. The van der Waals surface area contributed by atoms with Crippen LogP contribution in [0.2, 0.25) is 0 Å². The summed E-state index contributed by atoms with van der Waals surface area (Å²) in [6.07, 6.45) is -3.82. The van der Waals surface area contributed by atoms with E-state index in [0.717, 1.165) is 18.2 Å². The molecule has 1 aromatic rings. The molecule has 1 rings (SSSR count). The maximum absolute atomic E-state index is 12.7. The van der Waals surface area contributed by atoms with Crippen LogP contribution in [-0.2, 0) is 6.18 Å². The highest BCUT2D eigenvalue weighted by atomic mass is 19.4. The number of nitrogen functional groups attached to an aromatic ring is 1. The molecule has 1 atom stereocenters. The molecule has 1 unspecified atom stereocenters. The van der Waals surface area contributed by atoms with Crippen molar-refractivity contribution in [2.75, 3.05) is 5.43 Å². The van der Waals surface area contributed by atoms with Crippen molar-refractivity contribution < 1.29 is 18.0 Å². The Hall–Kier alpha value is -1.76. The van der Waals surface area contributed by atoms with E-state index in [9.17, 15) is 18.0 Å². The van der Waals surface area contributed by atoms with Crippen molar-refractivity contribution in [3.05, 3.63) is 29.3 Å². The SMILES string of the molecule is CCC(NC(=O)c1cc(C(F)(F)F)ccc1NN)C(C)C. The Morgan fingerprint density at radius 2 is 1.95 bits per heavy atom. The molecule has 0 bridgehead atoms. The summed E-state index contributed by atoms with van der Waals surface area (Å²) in [5.41, 5.74) is 1.40. The van der Waals surface area contributed by atoms with Crippen LogP contribution in [0.15, 0.2) is 18.2 Å². The van der Waals surface area contributed by atoms with Gasteiger partial charge in [-0.15, -0.1) is 0 Å². The minimum atomic E-state index is -4.51. The van der Waals surface area contributed by atoms with Crippen LogP contribution >= 0.6 is 0 Å². The van der Waals surface area contributed by atoms with Gasteiger partial charge in [-0.3, -0.25) is 10.6 Å². The number of benzene rings is 1. The van der Waals surface area contributed by atoms with Crippen LogP contribution in [0.5, 0.6) is 0 Å². The number of rotatable bonds is 5. The Morgan fingerprint density at radius 3 is 2.38 bits per heavy atom. The van der Waals surface area contributed by atoms with Crippen LogP contribution in [-0.4, -0.2) is 11.9 Å². The smallest absolute Gasteiger partial charge is 0.349 e. The van der Waals surface area contributed by atoms with Crippen molar-refractivity contribution in [2.24, 2.45) is 11.8 Å². The summed E-state index contributed by atoms with van der Waals surface area (Å²) in [5.74, 6) is 4.86. The van der Waals surface area contributed by atoms with Crippen LogP contribution in [0, 0.1) is 5.92 Å². The van der Waals surface area contributed by atoms with Crippen LogP contribution in [0.1, 0.15) is 43.1 Å². The van der Waals surface area contributed by atoms with Crippen LogP contribution in [0.3, 0.4) is 0 Å². The van der Waals surface area contributed by atoms with Gasteiger partial charge < -0.3 is 10.7 Å². The molecule has 1 aromatic carbocycles. The number of alkyl halides is 3. The van der Waals surface area contributed by atoms with E-state index < -0.39 is 17.6 Å². The van der Waals surface area contributed by atoms with E-state index in [1.54, 1.807) is 0 Å². The van der Waals surface area contributed by atoms with Gasteiger partial charge in [-0.1, -0.05) is 20.8 Å². The number of carbonyl (C=O) groups excluding carboxylic acids is 1. The lowest BCUT2D eigenvalue weighted by Gasteiger charge is -2.22. The second kappa shape index (κ2) is 6.80. The molecule has 4 nitrogen and oxygen atoms in total. The molecule has 0 saturated heterocycles. The van der Waals surface area contributed by atoms with Crippen LogP contribution < -0.4 is 16.6 Å². The number of amides is 1. The van der Waals surface area contributed by atoms with Crippen molar-refractivity contribution in [1.82, 2.24) is 5.32 Å². The predicted molar refractivity (Wildman–Crippen MR) is 75.6 cm³/mol. The lowest BCUT2D eigenvalue weighted by atomic mass is 10.0. The largest absolute Gasteiger partial charge is 0.416 e. The molecule has 0 aliphatic heterocycles. The quantitative estimate of drug-likeness (QED) is 0.578. The Balaban J connectivity index is 3.12. The zero-order valence-electron chi connectivity index (χ0n) is 12.2. The molecule has 7 heteroatoms. The maximum atomic E-state index is 12.7. The van der Waals surface area contributed by atoms with Gasteiger partial charge >= 0.3 is 6.18 Å². The summed E-state index contributed by atoms with van der Waals surface area (Å²) < 4.78 is 38.2. The van der Waals surface area contributed by atoms with Crippen molar-refractivity contribution in [1.29, 1.82) is 0 Å². The third-order valence-corrected chi connectivity index (χ3v) is 3.31. The van der Waals surface area contributed by atoms with E-state index >= 15 is 0 Å². The van der Waals surface area contributed by atoms with Gasteiger partial charge in [0.25, 0.3) is 5.91 Å². The Kier molecular flexibility index (Phi) is 5.60. The van der Waals surface area contributed by atoms with E-state index in [1.807, 2.05) is 20.8 Å². The van der Waals surface area contributed by atoms with E-state index in [-0.39, 0.29) is 23.2 Å². The number of hydrogen-bond acceptors (Lipinski definition) is 3. The van der Waals surface area contributed by atoms with Gasteiger partial charge in [0.15, 0.2) is 0 Å². The molecule has 0 fully saturated rings. The monoisotopic (exact) mass is 303 g/mol. The van der Waals surface area contributed by atoms with Crippen molar-refractivity contribution in [3.8, 4) is 0 Å². The lowest BCUT2D eigenvalue weighted by Crippen LogP contribution is -2.38. The lowest BCUT2D eigenvalue weighted by molar-refractivity contribution is -0.137. The average molecular weight is 303 g/mol. The minimum Gasteiger partial charge on any atom is -0.349 e. The molecule has 0 saturated carbocycles. The van der Waals surface area contributed by atoms with Gasteiger partial charge in [-0.05, 0) is 30.5 Å². The molecule has 0 spiro atoms. The first-order chi connectivity index (χ1) is 9.70. The highest BCUT2D eigenvalue weighted by Gasteiger charge is 2.32. The first kappa shape index (κ1) is 17.3. The Labute approximate surface area is 121 Å². The molecule has 0 aliphatic rings. The predicted octanol–water partition coefficient (Wildman–Crippen LogP) is 3.16. The number of nitrogens with one attached hydrogen (secondary N) is 2. The fraction of sp³-hybridized carbons (Fsp3) is 0.500. The highest BCUT2D eigenvalue weighted by Crippen LogP contribution is 2.31. The first-order valence-corrected chi connectivity index (χ1v) is 6.69. The van der Waals surface area contributed by atoms with Gasteiger partial charge in [0.2, 0.25) is 0 Å². The Bertz CT molecular complexity index is 501. The molecule has 4 N–H and O–H groups in total. The second-order valence-electron chi connectivity index (χ2n) is 5.13. The van der Waals surface area contributed by atoms with Crippen molar-refractivity contribution >= 4 is 11.6 Å². The zero-order valence-corrected chi connectivity index (χ0v) is 12.2. The number of hydrogen-bond donors (Lipinski definition) is 3. The van der Waals surface area contributed by atoms with E-state index in [1.165, 1.54) is 0 Å². The van der Waals surface area contributed by atoms with Gasteiger partial charge in [-0.2, -0.15) is 13.2 Å². The molecule has 1 amide bonds. The first-order valence-electron chi connectivity index (χ1n) is 6.69. The second-order valence-corrected chi connectivity index (χ2v) is 5.13. The van der Waals surface area contributed by atoms with Gasteiger partial charge in [0.1, 0.15) is 0 Å². The molecule has 0 aromatic heterocycles. The average Bonchev–Trinajstić information content (AvgIpc) is 2.42. The molecule has 0 heterocycles. The number of nitrogens with two attached hydrogens (primary N) is 1. The number of anilines is 1. The van der Waals surface area contributed by atoms with Gasteiger partial charge in [0, 0.05) is 6.04 Å². The fourth-order valence-electron chi connectivity index (χ4n) is 2.02. The van der Waals surface area contributed by atoms with E-state index in [0.29, 0.717) is 6.42 Å². The fourth-order valence-corrected chi connectivity index (χ4v) is 2.02. The standard InChI is InChI=1S/C14H20F3N3O/c1-4-11(8(2)3)19-13(21)10-7-9(14(15,16)17)5-6-12(10)20-18/h5-8,11,20H,4,18H2,1-3H3,(H,19,21). The molecule has 0 radical (unpaired) electrons. The molecular formula is C14H20F3N3O. The third kappa shape index (κ3) is 4.35. The number of hydrazine groups is 1. The van der Waals surface area contributed by atoms with Gasteiger partial charge in [-0.25, -0.2) is 0 Å². The molecular weight excluding hydrogens is 283 g/mol. The summed E-state index contributed by atoms with van der Waals surface area (Å²) in [6.45, 7) is 5.77. The maximum Gasteiger partial charge on any atom is 0.416 e. The van der Waals surface area contributed by atoms with E-state index in [2.05, 4.69) is 10.7 Å². The summed E-state index contributed by atoms with van der Waals surface area (Å²) >= 11 is 0. The zero-order chi connectivity index (χ0) is 16.2. The molecule has 21 heavy (non-hydrogen) atoms. The normalized spacial score (nSPS) is 13.1. The summed E-state index contributed by atoms with van der Waals surface area (Å²) in [4.78, 5) is 12.2. The number of carbonyl (C=O) groups is 1. The van der Waals surface area contributed by atoms with E-state index in [4.69, 9.17) is 5.84 Å². The van der Waals surface area contributed by atoms with Crippen LogP contribution in [0.4, 0.5) is 18.9 Å². The minimum absolute atomic E-state index is 0.113. The van der Waals surface area contributed by atoms with Crippen LogP contribution in [0.25, 0.3) is 0 Å². The molecule has 118 valence electrons. The number of halogens is 3. The Morgan fingerprint density at radius 1 is 1.33 bits per heavy atom. The summed E-state index contributed by atoms with van der Waals surface area (Å²) in [6, 6.07) is 2.72. The van der Waals surface area contributed by atoms with Gasteiger partial charge in [0.05, 0.1) is 16.8 Å². The van der Waals surface area contributed by atoms with Crippen molar-refractivity contribution in [2.45, 2.75) is 39.4 Å². The highest BCUT2D eigenvalue weighted by molar-refractivity contribution is 6.00. The third-order valence-electron chi connectivity index (χ3n) is 3.31. The molecule has 0 aliphatic carbocycles.